The molecule has 0 aliphatic carbocycles. The molecule has 6 rings (SSSR count). The number of ketones is 1. The number of rotatable bonds is 10. The normalized spacial score (nSPS) is 14.7. The molecule has 1 atom stereocenters. The first kappa shape index (κ1) is 29.4. The molecular weight excluding hydrogens is 586 g/mol. The molecule has 0 unspecified atom stereocenters. The van der Waals surface area contributed by atoms with Gasteiger partial charge in [0.05, 0.1) is 32.4 Å². The predicted octanol–water partition coefficient (Wildman–Crippen LogP) is 6.03. The maximum atomic E-state index is 15.1. The zero-order valence-corrected chi connectivity index (χ0v) is 25.1. The van der Waals surface area contributed by atoms with Gasteiger partial charge in [-0.2, -0.15) is 0 Å². The Morgan fingerprint density at radius 3 is 2.59 bits per heavy atom. The summed E-state index contributed by atoms with van der Waals surface area (Å²) < 4.78 is 41.1. The van der Waals surface area contributed by atoms with Gasteiger partial charge in [0.25, 0.3) is 5.56 Å². The van der Waals surface area contributed by atoms with Crippen LogP contribution in [0.3, 0.4) is 0 Å². The first-order valence-corrected chi connectivity index (χ1v) is 15.1. The van der Waals surface area contributed by atoms with Crippen molar-refractivity contribution in [2.24, 2.45) is 0 Å². The zero-order chi connectivity index (χ0) is 30.8. The summed E-state index contributed by atoms with van der Waals surface area (Å²) in [6.07, 6.45) is 2.57. The van der Waals surface area contributed by atoms with Gasteiger partial charge in [-0.15, -0.1) is 0 Å². The average Bonchev–Trinajstić information content (AvgIpc) is 3.70. The molecule has 1 aliphatic heterocycles. The highest BCUT2D eigenvalue weighted by Crippen LogP contribution is 2.34. The summed E-state index contributed by atoms with van der Waals surface area (Å²) in [5.74, 6) is -0.398. The first-order valence-electron chi connectivity index (χ1n) is 14.3. The molecule has 0 bridgehead atoms. The molecule has 3 heterocycles. The molecular formula is C33H30F2N4O4S. The van der Waals surface area contributed by atoms with Crippen molar-refractivity contribution in [2.75, 3.05) is 25.7 Å². The number of Topliss-reactive ketones (excluding diaryl/α,β-unsaturated/α-hetero) is 1. The van der Waals surface area contributed by atoms with Gasteiger partial charge in [-0.25, -0.2) is 18.7 Å². The Bertz CT molecular complexity index is 1890. The summed E-state index contributed by atoms with van der Waals surface area (Å²) in [7, 11) is 3.04. The molecule has 2 aromatic heterocycles. The summed E-state index contributed by atoms with van der Waals surface area (Å²) in [5.41, 5.74) is 1.33. The minimum Gasteiger partial charge on any atom is -0.497 e. The number of aryl methyl sites for hydroxylation is 1. The van der Waals surface area contributed by atoms with Crippen molar-refractivity contribution in [3.05, 3.63) is 99.8 Å². The van der Waals surface area contributed by atoms with E-state index in [1.54, 1.807) is 18.2 Å². The van der Waals surface area contributed by atoms with Gasteiger partial charge in [-0.3, -0.25) is 14.2 Å². The quantitative estimate of drug-likeness (QED) is 0.189. The Hall–Kier alpha value is -4.64. The highest BCUT2D eigenvalue weighted by molar-refractivity contribution is 7.21. The summed E-state index contributed by atoms with van der Waals surface area (Å²) >= 11 is 1.19. The molecule has 1 aliphatic rings. The van der Waals surface area contributed by atoms with E-state index in [2.05, 4.69) is 4.98 Å². The fraction of sp³-hybridized carbons (Fsp3) is 0.273. The van der Waals surface area contributed by atoms with Gasteiger partial charge in [0.1, 0.15) is 29.0 Å². The lowest BCUT2D eigenvalue weighted by Gasteiger charge is -2.22. The summed E-state index contributed by atoms with van der Waals surface area (Å²) in [6, 6.07) is 17.9. The number of methoxy groups -OCH3 is 2. The fourth-order valence-corrected chi connectivity index (χ4v) is 6.61. The molecule has 1 fully saturated rings. The maximum absolute atomic E-state index is 15.1. The zero-order valence-electron chi connectivity index (χ0n) is 24.3. The van der Waals surface area contributed by atoms with Gasteiger partial charge in [0.2, 0.25) is 0 Å². The molecule has 1 saturated heterocycles. The highest BCUT2D eigenvalue weighted by atomic mass is 32.1. The fourth-order valence-electron chi connectivity index (χ4n) is 5.60. The SMILES string of the molecule is COc1ccc(Cn2c(-c3ccc(F)cc3F)nc3sc(N4CCC[C@@H]4C(=O)CCc4ccccc4)nc3c2=O)c(OC)c1. The summed E-state index contributed by atoms with van der Waals surface area (Å²) in [6.45, 7) is 0.608. The van der Waals surface area contributed by atoms with Crippen LogP contribution >= 0.6 is 11.3 Å². The number of benzene rings is 3. The van der Waals surface area contributed by atoms with Gasteiger partial charge in [0.15, 0.2) is 21.3 Å². The van der Waals surface area contributed by atoms with E-state index in [9.17, 15) is 14.0 Å². The molecule has 11 heteroatoms. The number of nitrogens with zero attached hydrogens (tertiary/aromatic N) is 4. The lowest BCUT2D eigenvalue weighted by atomic mass is 10.0. The second-order valence-electron chi connectivity index (χ2n) is 10.6. The van der Waals surface area contributed by atoms with Crippen molar-refractivity contribution in [3.63, 3.8) is 0 Å². The van der Waals surface area contributed by atoms with Crippen LogP contribution in [0.15, 0.2) is 71.5 Å². The monoisotopic (exact) mass is 616 g/mol. The first-order chi connectivity index (χ1) is 21.4. The van der Waals surface area contributed by atoms with Crippen molar-refractivity contribution >= 4 is 32.6 Å². The number of fused-ring (bicyclic) bond motifs is 1. The van der Waals surface area contributed by atoms with Crippen molar-refractivity contribution in [3.8, 4) is 22.9 Å². The third-order valence-corrected chi connectivity index (χ3v) is 8.86. The third kappa shape index (κ3) is 5.79. The summed E-state index contributed by atoms with van der Waals surface area (Å²) in [4.78, 5) is 39.0. The minimum atomic E-state index is -0.847. The average molecular weight is 617 g/mol. The Kier molecular flexibility index (Phi) is 8.38. The van der Waals surface area contributed by atoms with E-state index >= 15 is 4.39 Å². The lowest BCUT2D eigenvalue weighted by Crippen LogP contribution is -2.36. The van der Waals surface area contributed by atoms with Crippen LogP contribution in [-0.4, -0.2) is 47.1 Å². The van der Waals surface area contributed by atoms with Crippen molar-refractivity contribution in [1.82, 2.24) is 14.5 Å². The number of ether oxygens (including phenoxy) is 2. The van der Waals surface area contributed by atoms with Gasteiger partial charge in [-0.05, 0) is 49.1 Å². The number of hydrogen-bond acceptors (Lipinski definition) is 8. The highest BCUT2D eigenvalue weighted by Gasteiger charge is 2.33. The predicted molar refractivity (Wildman–Crippen MR) is 166 cm³/mol. The van der Waals surface area contributed by atoms with Gasteiger partial charge >= 0.3 is 0 Å². The number of thiazole rings is 1. The smallest absolute Gasteiger partial charge is 0.281 e. The molecule has 5 aromatic rings. The summed E-state index contributed by atoms with van der Waals surface area (Å²) in [5, 5.41) is 0.519. The molecule has 44 heavy (non-hydrogen) atoms. The van der Waals surface area contributed by atoms with Crippen molar-refractivity contribution in [1.29, 1.82) is 0 Å². The number of halogens is 2. The van der Waals surface area contributed by atoms with E-state index in [0.29, 0.717) is 52.8 Å². The number of carbonyl (C=O) groups is 1. The Morgan fingerprint density at radius 1 is 1.02 bits per heavy atom. The van der Waals surface area contributed by atoms with Crippen LogP contribution in [0.25, 0.3) is 21.7 Å². The maximum Gasteiger partial charge on any atom is 0.281 e. The Balaban J connectivity index is 1.40. The van der Waals surface area contributed by atoms with Crippen LogP contribution in [0.2, 0.25) is 0 Å². The van der Waals surface area contributed by atoms with Crippen LogP contribution in [0, 0.1) is 11.6 Å². The Morgan fingerprint density at radius 2 is 1.84 bits per heavy atom. The van der Waals surface area contributed by atoms with Crippen LogP contribution in [0.5, 0.6) is 11.5 Å². The molecule has 3 aromatic carbocycles. The topological polar surface area (TPSA) is 86.5 Å². The van der Waals surface area contributed by atoms with Gasteiger partial charge < -0.3 is 14.4 Å². The molecule has 0 radical (unpaired) electrons. The second-order valence-corrected chi connectivity index (χ2v) is 11.5. The number of carbonyl (C=O) groups excluding carboxylic acids is 1. The lowest BCUT2D eigenvalue weighted by molar-refractivity contribution is -0.120. The van der Waals surface area contributed by atoms with Gasteiger partial charge in [-0.1, -0.05) is 41.7 Å². The van der Waals surface area contributed by atoms with Gasteiger partial charge in [0, 0.05) is 30.7 Å². The molecule has 0 saturated carbocycles. The third-order valence-electron chi connectivity index (χ3n) is 7.88. The minimum absolute atomic E-state index is 0.0156. The number of hydrogen-bond donors (Lipinski definition) is 0. The standard InChI is InChI=1S/C33H30F2N4O4S/c1-42-23-13-11-21(28(18-23)43-2)19-39-30(24-14-12-22(34)17-25(24)35)37-31-29(32(39)41)36-33(44-31)38-16-6-9-26(38)27(40)15-10-20-7-4-3-5-8-20/h3-5,7-8,11-14,17-18,26H,6,9-10,15-16,19H2,1-2H3/t26-/m1/s1. The van der Waals surface area contributed by atoms with E-state index in [1.165, 1.54) is 36.2 Å². The van der Waals surface area contributed by atoms with E-state index < -0.39 is 17.2 Å². The van der Waals surface area contributed by atoms with E-state index in [4.69, 9.17) is 14.5 Å². The van der Waals surface area contributed by atoms with E-state index in [-0.39, 0.29) is 35.3 Å². The molecule has 0 amide bonds. The largest absolute Gasteiger partial charge is 0.497 e. The molecule has 226 valence electrons. The van der Waals surface area contributed by atoms with Crippen LogP contribution in [0.4, 0.5) is 13.9 Å². The second kappa shape index (κ2) is 12.5. The van der Waals surface area contributed by atoms with E-state index in [0.717, 1.165) is 24.1 Å². The molecule has 8 nitrogen and oxygen atoms in total. The van der Waals surface area contributed by atoms with Crippen LogP contribution < -0.4 is 19.9 Å². The Labute approximate surface area is 256 Å². The van der Waals surface area contributed by atoms with Crippen LogP contribution in [-0.2, 0) is 17.8 Å². The number of anilines is 1. The molecule has 0 spiro atoms. The van der Waals surface area contributed by atoms with Crippen LogP contribution in [0.1, 0.15) is 30.4 Å². The number of aromatic nitrogens is 3. The van der Waals surface area contributed by atoms with Crippen molar-refractivity contribution in [2.45, 2.75) is 38.3 Å². The molecule has 0 N–H and O–H groups in total. The van der Waals surface area contributed by atoms with E-state index in [1.807, 2.05) is 35.2 Å². The van der Waals surface area contributed by atoms with Crippen molar-refractivity contribution < 1.29 is 23.0 Å².